The highest BCUT2D eigenvalue weighted by molar-refractivity contribution is 9.10. The monoisotopic (exact) mass is 328 g/mol. The fourth-order valence-electron chi connectivity index (χ4n) is 1.77. The van der Waals surface area contributed by atoms with Crippen LogP contribution in [0.1, 0.15) is 11.1 Å². The number of pyridine rings is 1. The summed E-state index contributed by atoms with van der Waals surface area (Å²) in [5, 5.41) is 0. The molecule has 4 nitrogen and oxygen atoms in total. The first-order valence-electron chi connectivity index (χ1n) is 5.91. The molecule has 5 heteroatoms. The predicted molar refractivity (Wildman–Crippen MR) is 79.0 cm³/mol. The number of hydrogen-bond donors (Lipinski definition) is 0. The van der Waals surface area contributed by atoms with Crippen molar-refractivity contribution in [3.05, 3.63) is 70.1 Å². The second kappa shape index (κ2) is 5.38. The van der Waals surface area contributed by atoms with E-state index in [0.29, 0.717) is 5.90 Å². The number of esters is 1. The number of carbonyl (C=O) groups excluding carboxylic acids is 1. The third kappa shape index (κ3) is 2.67. The molecule has 20 heavy (non-hydrogen) atoms. The van der Waals surface area contributed by atoms with Crippen molar-refractivity contribution >= 4 is 33.9 Å². The van der Waals surface area contributed by atoms with Gasteiger partial charge in [0.2, 0.25) is 5.90 Å². The van der Waals surface area contributed by atoms with Crippen LogP contribution in [-0.4, -0.2) is 16.9 Å². The topological polar surface area (TPSA) is 51.5 Å². The largest absolute Gasteiger partial charge is 0.402 e. The van der Waals surface area contributed by atoms with Crippen molar-refractivity contribution in [2.75, 3.05) is 0 Å². The van der Waals surface area contributed by atoms with Crippen LogP contribution in [0.2, 0.25) is 0 Å². The average Bonchev–Trinajstić information content (AvgIpc) is 2.81. The summed E-state index contributed by atoms with van der Waals surface area (Å²) in [4.78, 5) is 20.0. The van der Waals surface area contributed by atoms with Crippen LogP contribution >= 0.6 is 15.9 Å². The van der Waals surface area contributed by atoms with Crippen molar-refractivity contribution in [2.24, 2.45) is 4.99 Å². The first-order valence-corrected chi connectivity index (χ1v) is 6.70. The Morgan fingerprint density at radius 3 is 2.85 bits per heavy atom. The summed E-state index contributed by atoms with van der Waals surface area (Å²) in [6.07, 6.45) is 4.98. The molecule has 0 unspecified atom stereocenters. The molecule has 0 aliphatic carbocycles. The van der Waals surface area contributed by atoms with Gasteiger partial charge in [0.25, 0.3) is 0 Å². The number of nitrogens with zero attached hydrogens (tertiary/aromatic N) is 2. The van der Waals surface area contributed by atoms with Gasteiger partial charge in [-0.1, -0.05) is 28.1 Å². The quantitative estimate of drug-likeness (QED) is 0.628. The molecule has 0 spiro atoms. The summed E-state index contributed by atoms with van der Waals surface area (Å²) < 4.78 is 6.09. The lowest BCUT2D eigenvalue weighted by Gasteiger charge is -1.99. The van der Waals surface area contributed by atoms with Crippen LogP contribution in [0.4, 0.5) is 0 Å². The number of hydrogen-bond acceptors (Lipinski definition) is 4. The first-order chi connectivity index (χ1) is 9.72. The first kappa shape index (κ1) is 12.7. The standard InChI is InChI=1S/C15H9BrN2O2/c16-12-5-1-4-11(8-12)14-18-13(15(19)20-14)7-10-3-2-6-17-9-10/h1-9H/b13-7-. The van der Waals surface area contributed by atoms with E-state index >= 15 is 0 Å². The van der Waals surface area contributed by atoms with Gasteiger partial charge in [-0.05, 0) is 35.9 Å². The summed E-state index contributed by atoms with van der Waals surface area (Å²) >= 11 is 3.37. The minimum Gasteiger partial charge on any atom is -0.402 e. The summed E-state index contributed by atoms with van der Waals surface area (Å²) in [5.41, 5.74) is 1.83. The maximum atomic E-state index is 11.8. The lowest BCUT2D eigenvalue weighted by Crippen LogP contribution is -2.05. The Labute approximate surface area is 124 Å². The Morgan fingerprint density at radius 2 is 2.10 bits per heavy atom. The summed E-state index contributed by atoms with van der Waals surface area (Å²) in [6, 6.07) is 11.1. The smallest absolute Gasteiger partial charge is 0.363 e. The molecule has 1 aromatic heterocycles. The van der Waals surface area contributed by atoms with Crippen LogP contribution in [0.3, 0.4) is 0 Å². The van der Waals surface area contributed by atoms with Gasteiger partial charge in [0.15, 0.2) is 5.70 Å². The highest BCUT2D eigenvalue weighted by atomic mass is 79.9. The lowest BCUT2D eigenvalue weighted by atomic mass is 10.2. The third-order valence-electron chi connectivity index (χ3n) is 2.68. The maximum absolute atomic E-state index is 11.8. The van der Waals surface area contributed by atoms with E-state index in [9.17, 15) is 4.79 Å². The van der Waals surface area contributed by atoms with Gasteiger partial charge < -0.3 is 4.74 Å². The third-order valence-corrected chi connectivity index (χ3v) is 3.17. The van der Waals surface area contributed by atoms with E-state index < -0.39 is 5.97 Å². The molecule has 0 amide bonds. The summed E-state index contributed by atoms with van der Waals surface area (Å²) in [5.74, 6) is -0.143. The molecule has 1 aromatic carbocycles. The van der Waals surface area contributed by atoms with Gasteiger partial charge in [-0.3, -0.25) is 4.98 Å². The Morgan fingerprint density at radius 1 is 1.20 bits per heavy atom. The lowest BCUT2D eigenvalue weighted by molar-refractivity contribution is -0.129. The number of aliphatic imine (C=N–C) groups is 1. The van der Waals surface area contributed by atoms with Crippen LogP contribution in [0.15, 0.2) is 64.0 Å². The van der Waals surface area contributed by atoms with Crippen LogP contribution < -0.4 is 0 Å². The van der Waals surface area contributed by atoms with E-state index in [0.717, 1.165) is 15.6 Å². The molecule has 1 aliphatic heterocycles. The molecule has 1 aliphatic rings. The highest BCUT2D eigenvalue weighted by Gasteiger charge is 2.24. The maximum Gasteiger partial charge on any atom is 0.363 e. The zero-order valence-corrected chi connectivity index (χ0v) is 11.9. The molecular formula is C15H9BrN2O2. The fraction of sp³-hybridized carbons (Fsp3) is 0. The average molecular weight is 329 g/mol. The Bertz CT molecular complexity index is 724. The molecule has 0 atom stereocenters. The number of rotatable bonds is 2. The minimum atomic E-state index is -0.455. The van der Waals surface area contributed by atoms with Crippen LogP contribution in [0.25, 0.3) is 6.08 Å². The van der Waals surface area contributed by atoms with Gasteiger partial charge in [0.05, 0.1) is 0 Å². The van der Waals surface area contributed by atoms with Crippen molar-refractivity contribution in [3.8, 4) is 0 Å². The number of cyclic esters (lactones) is 1. The predicted octanol–water partition coefficient (Wildman–Crippen LogP) is 3.19. The van der Waals surface area contributed by atoms with Gasteiger partial charge >= 0.3 is 5.97 Å². The molecule has 0 N–H and O–H groups in total. The fourth-order valence-corrected chi connectivity index (χ4v) is 2.17. The van der Waals surface area contributed by atoms with Crippen LogP contribution in [0, 0.1) is 0 Å². The zero-order chi connectivity index (χ0) is 13.9. The molecular weight excluding hydrogens is 320 g/mol. The molecule has 0 saturated carbocycles. The SMILES string of the molecule is O=C1OC(c2cccc(Br)c2)=N/C1=C\c1cccnc1. The zero-order valence-electron chi connectivity index (χ0n) is 10.3. The van der Waals surface area contributed by atoms with Gasteiger partial charge in [0, 0.05) is 22.4 Å². The minimum absolute atomic E-state index is 0.271. The Hall–Kier alpha value is -2.27. The van der Waals surface area contributed by atoms with Crippen molar-refractivity contribution in [2.45, 2.75) is 0 Å². The second-order valence-electron chi connectivity index (χ2n) is 4.13. The molecule has 0 radical (unpaired) electrons. The van der Waals surface area contributed by atoms with E-state index in [1.165, 1.54) is 0 Å². The normalized spacial score (nSPS) is 16.1. The van der Waals surface area contributed by atoms with Crippen molar-refractivity contribution in [1.29, 1.82) is 0 Å². The van der Waals surface area contributed by atoms with Crippen molar-refractivity contribution < 1.29 is 9.53 Å². The molecule has 0 fully saturated rings. The molecule has 0 saturated heterocycles. The van der Waals surface area contributed by atoms with Crippen molar-refractivity contribution in [3.63, 3.8) is 0 Å². The molecule has 0 bridgehead atoms. The number of benzene rings is 1. The van der Waals surface area contributed by atoms with E-state index in [1.807, 2.05) is 30.3 Å². The van der Waals surface area contributed by atoms with E-state index in [4.69, 9.17) is 4.74 Å². The molecule has 3 rings (SSSR count). The van der Waals surface area contributed by atoms with Gasteiger partial charge in [-0.25, -0.2) is 9.79 Å². The second-order valence-corrected chi connectivity index (χ2v) is 5.05. The van der Waals surface area contributed by atoms with Crippen molar-refractivity contribution in [1.82, 2.24) is 4.98 Å². The van der Waals surface area contributed by atoms with Gasteiger partial charge in [-0.15, -0.1) is 0 Å². The van der Waals surface area contributed by atoms with Gasteiger partial charge in [-0.2, -0.15) is 0 Å². The number of carbonyl (C=O) groups is 1. The van der Waals surface area contributed by atoms with Crippen LogP contribution in [0.5, 0.6) is 0 Å². The van der Waals surface area contributed by atoms with E-state index in [1.54, 1.807) is 24.5 Å². The Balaban J connectivity index is 1.95. The summed E-state index contributed by atoms with van der Waals surface area (Å²) in [7, 11) is 0. The molecule has 2 aromatic rings. The molecule has 2 heterocycles. The van der Waals surface area contributed by atoms with Gasteiger partial charge in [0.1, 0.15) is 0 Å². The number of ether oxygens (including phenoxy) is 1. The highest BCUT2D eigenvalue weighted by Crippen LogP contribution is 2.20. The number of aromatic nitrogens is 1. The van der Waals surface area contributed by atoms with E-state index in [-0.39, 0.29) is 5.70 Å². The molecule has 98 valence electrons. The summed E-state index contributed by atoms with van der Waals surface area (Å²) in [6.45, 7) is 0. The van der Waals surface area contributed by atoms with E-state index in [2.05, 4.69) is 25.9 Å². The Kier molecular flexibility index (Phi) is 3.43. The number of halogens is 1. The van der Waals surface area contributed by atoms with Crippen LogP contribution in [-0.2, 0) is 9.53 Å².